The maximum atomic E-state index is 12.3. The number of pyridine rings is 1. The Balaban J connectivity index is 1.82. The second kappa shape index (κ2) is 8.80. The van der Waals surface area contributed by atoms with E-state index in [0.717, 1.165) is 11.1 Å². The highest BCUT2D eigenvalue weighted by Crippen LogP contribution is 2.11. The molecule has 6 heteroatoms. The molecule has 136 valence electrons. The molecule has 0 aliphatic heterocycles. The van der Waals surface area contributed by atoms with E-state index in [1.54, 1.807) is 44.4 Å². The molecule has 0 radical (unpaired) electrons. The Kier molecular flexibility index (Phi) is 6.49. The van der Waals surface area contributed by atoms with E-state index in [0.29, 0.717) is 13.0 Å². The topological polar surface area (TPSA) is 91.3 Å². The number of aromatic hydroxyl groups is 1. The summed E-state index contributed by atoms with van der Waals surface area (Å²) in [5.41, 5.74) is 0.772. The van der Waals surface area contributed by atoms with Crippen LogP contribution in [0.4, 0.5) is 0 Å². The number of phenols is 1. The predicted octanol–water partition coefficient (Wildman–Crippen LogP) is 2.05. The number of carbonyl (C=O) groups is 2. The van der Waals surface area contributed by atoms with Crippen LogP contribution in [0.3, 0.4) is 0 Å². The van der Waals surface area contributed by atoms with Crippen molar-refractivity contribution >= 4 is 17.9 Å². The SMILES string of the molecule is CC(C)(NC(=O)/C=C/c1ccc(O)cc1)C(=O)NCCc1cccnc1. The van der Waals surface area contributed by atoms with Crippen molar-refractivity contribution in [2.45, 2.75) is 25.8 Å². The fourth-order valence-corrected chi connectivity index (χ4v) is 2.25. The maximum Gasteiger partial charge on any atom is 0.245 e. The van der Waals surface area contributed by atoms with E-state index < -0.39 is 5.54 Å². The second-order valence-electron chi connectivity index (χ2n) is 6.41. The molecule has 0 spiro atoms. The molecule has 2 aromatic rings. The van der Waals surface area contributed by atoms with Crippen molar-refractivity contribution in [3.63, 3.8) is 0 Å². The largest absolute Gasteiger partial charge is 0.508 e. The van der Waals surface area contributed by atoms with E-state index in [1.165, 1.54) is 18.2 Å². The summed E-state index contributed by atoms with van der Waals surface area (Å²) in [6, 6.07) is 10.3. The molecule has 0 saturated heterocycles. The van der Waals surface area contributed by atoms with Crippen molar-refractivity contribution < 1.29 is 14.7 Å². The average molecular weight is 353 g/mol. The lowest BCUT2D eigenvalue weighted by Gasteiger charge is -2.24. The van der Waals surface area contributed by atoms with E-state index in [4.69, 9.17) is 0 Å². The van der Waals surface area contributed by atoms with Crippen LogP contribution in [0, 0.1) is 0 Å². The van der Waals surface area contributed by atoms with Gasteiger partial charge in [-0.2, -0.15) is 0 Å². The highest BCUT2D eigenvalue weighted by Gasteiger charge is 2.28. The van der Waals surface area contributed by atoms with Gasteiger partial charge in [-0.1, -0.05) is 18.2 Å². The zero-order chi connectivity index (χ0) is 19.0. The van der Waals surface area contributed by atoms with Gasteiger partial charge in [0.05, 0.1) is 0 Å². The van der Waals surface area contributed by atoms with Crippen molar-refractivity contribution in [3.8, 4) is 5.75 Å². The monoisotopic (exact) mass is 353 g/mol. The quantitative estimate of drug-likeness (QED) is 0.665. The number of amides is 2. The zero-order valence-corrected chi connectivity index (χ0v) is 14.9. The molecule has 0 saturated carbocycles. The van der Waals surface area contributed by atoms with Gasteiger partial charge < -0.3 is 15.7 Å². The number of rotatable bonds is 7. The number of carbonyl (C=O) groups excluding carboxylic acids is 2. The zero-order valence-electron chi connectivity index (χ0n) is 14.9. The van der Waals surface area contributed by atoms with Crippen molar-refractivity contribution in [3.05, 3.63) is 66.0 Å². The fourth-order valence-electron chi connectivity index (χ4n) is 2.25. The number of nitrogens with zero attached hydrogens (tertiary/aromatic N) is 1. The van der Waals surface area contributed by atoms with Crippen LogP contribution in [-0.4, -0.2) is 34.0 Å². The molecular weight excluding hydrogens is 330 g/mol. The summed E-state index contributed by atoms with van der Waals surface area (Å²) in [5, 5.41) is 14.8. The summed E-state index contributed by atoms with van der Waals surface area (Å²) in [4.78, 5) is 28.4. The Hall–Kier alpha value is -3.15. The second-order valence-corrected chi connectivity index (χ2v) is 6.41. The lowest BCUT2D eigenvalue weighted by atomic mass is 10.0. The number of nitrogens with one attached hydrogen (secondary N) is 2. The van der Waals surface area contributed by atoms with Crippen LogP contribution in [0.2, 0.25) is 0 Å². The van der Waals surface area contributed by atoms with Crippen LogP contribution in [0.5, 0.6) is 5.75 Å². The van der Waals surface area contributed by atoms with Crippen molar-refractivity contribution in [1.82, 2.24) is 15.6 Å². The van der Waals surface area contributed by atoms with E-state index in [1.807, 2.05) is 12.1 Å². The highest BCUT2D eigenvalue weighted by atomic mass is 16.3. The van der Waals surface area contributed by atoms with Gasteiger partial charge in [0.15, 0.2) is 0 Å². The molecule has 0 fully saturated rings. The van der Waals surface area contributed by atoms with Gasteiger partial charge in [0.2, 0.25) is 11.8 Å². The van der Waals surface area contributed by atoms with E-state index in [-0.39, 0.29) is 17.6 Å². The molecule has 0 unspecified atom stereocenters. The minimum atomic E-state index is -1.04. The van der Waals surface area contributed by atoms with Gasteiger partial charge in [-0.05, 0) is 55.7 Å². The molecule has 26 heavy (non-hydrogen) atoms. The molecule has 1 aromatic heterocycles. The molecule has 0 aliphatic rings. The van der Waals surface area contributed by atoms with Crippen LogP contribution in [-0.2, 0) is 16.0 Å². The summed E-state index contributed by atoms with van der Waals surface area (Å²) in [7, 11) is 0. The summed E-state index contributed by atoms with van der Waals surface area (Å²) in [5.74, 6) is -0.464. The molecule has 3 N–H and O–H groups in total. The lowest BCUT2D eigenvalue weighted by molar-refractivity contribution is -0.130. The smallest absolute Gasteiger partial charge is 0.245 e. The summed E-state index contributed by atoms with van der Waals surface area (Å²) in [6.07, 6.45) is 7.10. The van der Waals surface area contributed by atoms with E-state index >= 15 is 0 Å². The Labute approximate surface area is 153 Å². The normalized spacial score (nSPS) is 11.3. The molecule has 2 amide bonds. The van der Waals surface area contributed by atoms with Gasteiger partial charge in [-0.3, -0.25) is 14.6 Å². The first kappa shape index (κ1) is 19.2. The number of hydrogen-bond acceptors (Lipinski definition) is 4. The third-order valence-corrected chi connectivity index (χ3v) is 3.75. The fraction of sp³-hybridized carbons (Fsp3) is 0.250. The minimum absolute atomic E-state index is 0.163. The van der Waals surface area contributed by atoms with Crippen LogP contribution in [0.25, 0.3) is 6.08 Å². The van der Waals surface area contributed by atoms with Gasteiger partial charge in [-0.25, -0.2) is 0 Å². The third-order valence-electron chi connectivity index (χ3n) is 3.75. The van der Waals surface area contributed by atoms with Crippen LogP contribution in [0.15, 0.2) is 54.9 Å². The van der Waals surface area contributed by atoms with Gasteiger partial charge in [-0.15, -0.1) is 0 Å². The average Bonchev–Trinajstić information content (AvgIpc) is 2.61. The number of aromatic nitrogens is 1. The third kappa shape index (κ3) is 6.05. The van der Waals surface area contributed by atoms with Crippen molar-refractivity contribution in [2.75, 3.05) is 6.54 Å². The maximum absolute atomic E-state index is 12.3. The van der Waals surface area contributed by atoms with Crippen molar-refractivity contribution in [1.29, 1.82) is 0 Å². The highest BCUT2D eigenvalue weighted by molar-refractivity contribution is 5.97. The standard InChI is InChI=1S/C20H23N3O3/c1-20(2,19(26)22-13-11-16-4-3-12-21-14-16)23-18(25)10-7-15-5-8-17(24)9-6-15/h3-10,12,14,24H,11,13H2,1-2H3,(H,22,26)(H,23,25)/b10-7+. The summed E-state index contributed by atoms with van der Waals surface area (Å²) in [6.45, 7) is 3.77. The van der Waals surface area contributed by atoms with Crippen molar-refractivity contribution in [2.24, 2.45) is 0 Å². The molecule has 1 heterocycles. The molecule has 2 rings (SSSR count). The molecule has 0 bridgehead atoms. The summed E-state index contributed by atoms with van der Waals surface area (Å²) < 4.78 is 0. The molecule has 6 nitrogen and oxygen atoms in total. The van der Waals surface area contributed by atoms with Gasteiger partial charge >= 0.3 is 0 Å². The first-order chi connectivity index (χ1) is 12.4. The summed E-state index contributed by atoms with van der Waals surface area (Å²) >= 11 is 0. The lowest BCUT2D eigenvalue weighted by Crippen LogP contribution is -2.54. The molecule has 0 aliphatic carbocycles. The first-order valence-electron chi connectivity index (χ1n) is 8.33. The first-order valence-corrected chi connectivity index (χ1v) is 8.33. The van der Waals surface area contributed by atoms with E-state index in [9.17, 15) is 14.7 Å². The minimum Gasteiger partial charge on any atom is -0.508 e. The molecular formula is C20H23N3O3. The van der Waals surface area contributed by atoms with Gasteiger partial charge in [0, 0.05) is 25.0 Å². The number of phenolic OH excluding ortho intramolecular Hbond substituents is 1. The Morgan fingerprint density at radius 2 is 1.92 bits per heavy atom. The Bertz CT molecular complexity index is 769. The predicted molar refractivity (Wildman–Crippen MR) is 100 cm³/mol. The van der Waals surface area contributed by atoms with E-state index in [2.05, 4.69) is 15.6 Å². The molecule has 0 atom stereocenters. The Morgan fingerprint density at radius 3 is 2.58 bits per heavy atom. The van der Waals surface area contributed by atoms with Crippen LogP contribution >= 0.6 is 0 Å². The van der Waals surface area contributed by atoms with Gasteiger partial charge in [0.25, 0.3) is 0 Å². The number of benzene rings is 1. The Morgan fingerprint density at radius 1 is 1.19 bits per heavy atom. The molecule has 1 aromatic carbocycles. The van der Waals surface area contributed by atoms with Gasteiger partial charge in [0.1, 0.15) is 11.3 Å². The van der Waals surface area contributed by atoms with Crippen LogP contribution in [0.1, 0.15) is 25.0 Å². The van der Waals surface area contributed by atoms with Crippen LogP contribution < -0.4 is 10.6 Å². The number of hydrogen-bond donors (Lipinski definition) is 3.